The van der Waals surface area contributed by atoms with Gasteiger partial charge in [-0.05, 0) is 24.6 Å². The van der Waals surface area contributed by atoms with Crippen LogP contribution in [0.25, 0.3) is 0 Å². The zero-order valence-corrected chi connectivity index (χ0v) is 12.2. The van der Waals surface area contributed by atoms with Gasteiger partial charge < -0.3 is 5.11 Å². The lowest BCUT2D eigenvalue weighted by Gasteiger charge is -2.15. The second-order valence-electron chi connectivity index (χ2n) is 4.55. The summed E-state index contributed by atoms with van der Waals surface area (Å²) in [6.45, 7) is 1.70. The minimum absolute atomic E-state index is 0.236. The Morgan fingerprint density at radius 3 is 2.24 bits per heavy atom. The molecule has 0 fully saturated rings. The van der Waals surface area contributed by atoms with E-state index in [-0.39, 0.29) is 10.5 Å². The highest BCUT2D eigenvalue weighted by Gasteiger charge is 2.23. The smallest absolute Gasteiger partial charge is 0.337 e. The molecule has 0 aliphatic heterocycles. The number of hydrogen-bond acceptors (Lipinski definition) is 3. The molecule has 1 atom stereocenters. The van der Waals surface area contributed by atoms with Gasteiger partial charge in [-0.3, -0.25) is 0 Å². The maximum Gasteiger partial charge on any atom is 0.337 e. The third kappa shape index (κ3) is 3.48. The average molecular weight is 305 g/mol. The molecule has 2 aromatic rings. The summed E-state index contributed by atoms with van der Waals surface area (Å²) in [5, 5.41) is 9.09. The van der Waals surface area contributed by atoms with Gasteiger partial charge in [-0.1, -0.05) is 42.5 Å². The highest BCUT2D eigenvalue weighted by Crippen LogP contribution is 2.19. The molecule has 110 valence electrons. The Kier molecular flexibility index (Phi) is 4.40. The molecule has 1 unspecified atom stereocenters. The van der Waals surface area contributed by atoms with Crippen LogP contribution in [0.5, 0.6) is 0 Å². The van der Waals surface area contributed by atoms with Crippen LogP contribution in [-0.4, -0.2) is 19.5 Å². The molecule has 2 rings (SSSR count). The third-order valence-corrected chi connectivity index (χ3v) is 4.64. The topological polar surface area (TPSA) is 83.5 Å². The largest absolute Gasteiger partial charge is 0.478 e. The summed E-state index contributed by atoms with van der Waals surface area (Å²) in [6.07, 6.45) is 0. The zero-order chi connectivity index (χ0) is 15.5. The lowest BCUT2D eigenvalue weighted by molar-refractivity contribution is 0.0692. The fourth-order valence-electron chi connectivity index (χ4n) is 1.98. The molecular weight excluding hydrogens is 290 g/mol. The van der Waals surface area contributed by atoms with Gasteiger partial charge in [-0.2, -0.15) is 0 Å². The van der Waals surface area contributed by atoms with E-state index in [0.29, 0.717) is 0 Å². The number of nitrogens with one attached hydrogen (secondary N) is 1. The summed E-state index contributed by atoms with van der Waals surface area (Å²) >= 11 is 0. The molecule has 0 aliphatic carbocycles. The first-order chi connectivity index (χ1) is 9.92. The van der Waals surface area contributed by atoms with Crippen molar-refractivity contribution in [3.05, 3.63) is 65.7 Å². The highest BCUT2D eigenvalue weighted by molar-refractivity contribution is 7.89. The van der Waals surface area contributed by atoms with E-state index in [9.17, 15) is 13.2 Å². The number of aromatic carboxylic acids is 1. The number of hydrogen-bond donors (Lipinski definition) is 2. The monoisotopic (exact) mass is 305 g/mol. The zero-order valence-electron chi connectivity index (χ0n) is 11.4. The van der Waals surface area contributed by atoms with Crippen molar-refractivity contribution in [2.75, 3.05) is 0 Å². The SMILES string of the molecule is CC(NS(=O)(=O)c1ccccc1C(=O)O)c1ccccc1. The Balaban J connectivity index is 2.34. The second kappa shape index (κ2) is 6.07. The van der Waals surface area contributed by atoms with Crippen molar-refractivity contribution in [2.24, 2.45) is 0 Å². The molecule has 0 aromatic heterocycles. The van der Waals surface area contributed by atoms with Crippen LogP contribution in [0.1, 0.15) is 28.9 Å². The predicted molar refractivity (Wildman–Crippen MR) is 78.6 cm³/mol. The van der Waals surface area contributed by atoms with Crippen molar-refractivity contribution in [1.82, 2.24) is 4.72 Å². The van der Waals surface area contributed by atoms with E-state index in [4.69, 9.17) is 5.11 Å². The molecule has 0 heterocycles. The first-order valence-corrected chi connectivity index (χ1v) is 7.80. The molecular formula is C15H15NO4S. The van der Waals surface area contributed by atoms with Crippen LogP contribution in [0, 0.1) is 0 Å². The van der Waals surface area contributed by atoms with E-state index >= 15 is 0 Å². The molecule has 0 saturated heterocycles. The van der Waals surface area contributed by atoms with Gasteiger partial charge in [0.1, 0.15) is 0 Å². The maximum absolute atomic E-state index is 12.4. The highest BCUT2D eigenvalue weighted by atomic mass is 32.2. The van der Waals surface area contributed by atoms with Gasteiger partial charge in [-0.25, -0.2) is 17.9 Å². The van der Waals surface area contributed by atoms with E-state index < -0.39 is 22.0 Å². The lowest BCUT2D eigenvalue weighted by Crippen LogP contribution is -2.28. The first kappa shape index (κ1) is 15.2. The van der Waals surface area contributed by atoms with E-state index in [1.165, 1.54) is 24.3 Å². The summed E-state index contributed by atoms with van der Waals surface area (Å²) in [5.41, 5.74) is 0.555. The van der Waals surface area contributed by atoms with Crippen molar-refractivity contribution < 1.29 is 18.3 Å². The van der Waals surface area contributed by atoms with Gasteiger partial charge in [0.25, 0.3) is 0 Å². The van der Waals surface area contributed by atoms with Crippen LogP contribution in [-0.2, 0) is 10.0 Å². The van der Waals surface area contributed by atoms with Crippen LogP contribution in [0.2, 0.25) is 0 Å². The van der Waals surface area contributed by atoms with Gasteiger partial charge in [0.15, 0.2) is 0 Å². The molecule has 0 saturated carbocycles. The molecule has 0 aliphatic rings. The summed E-state index contributed by atoms with van der Waals surface area (Å²) < 4.78 is 27.2. The van der Waals surface area contributed by atoms with Crippen LogP contribution in [0.15, 0.2) is 59.5 Å². The minimum Gasteiger partial charge on any atom is -0.478 e. The van der Waals surface area contributed by atoms with Crippen LogP contribution in [0.3, 0.4) is 0 Å². The molecule has 0 amide bonds. The number of rotatable bonds is 5. The van der Waals surface area contributed by atoms with Gasteiger partial charge in [-0.15, -0.1) is 0 Å². The van der Waals surface area contributed by atoms with Gasteiger partial charge in [0.05, 0.1) is 10.5 Å². The summed E-state index contributed by atoms with van der Waals surface area (Å²) in [6, 6.07) is 14.1. The average Bonchev–Trinajstić information content (AvgIpc) is 2.47. The summed E-state index contributed by atoms with van der Waals surface area (Å²) in [7, 11) is -3.91. The van der Waals surface area contributed by atoms with Crippen LogP contribution >= 0.6 is 0 Å². The first-order valence-electron chi connectivity index (χ1n) is 6.31. The number of carboxylic acids is 1. The lowest BCUT2D eigenvalue weighted by atomic mass is 10.1. The van der Waals surface area contributed by atoms with Gasteiger partial charge in [0.2, 0.25) is 10.0 Å². The molecule has 6 heteroatoms. The standard InChI is InChI=1S/C15H15NO4S/c1-11(12-7-3-2-4-8-12)16-21(19,20)14-10-6-5-9-13(14)15(17)18/h2-11,16H,1H3,(H,17,18). The van der Waals surface area contributed by atoms with E-state index in [1.54, 1.807) is 19.1 Å². The predicted octanol–water partition coefficient (Wildman–Crippen LogP) is 2.42. The number of carboxylic acid groups (broad SMARTS) is 1. The van der Waals surface area contributed by atoms with Crippen molar-refractivity contribution in [2.45, 2.75) is 17.9 Å². The molecule has 2 N–H and O–H groups in total. The Morgan fingerprint density at radius 1 is 1.05 bits per heavy atom. The molecule has 2 aromatic carbocycles. The number of benzene rings is 2. The Labute approximate surface area is 123 Å². The van der Waals surface area contributed by atoms with Crippen LogP contribution < -0.4 is 4.72 Å². The molecule has 0 radical (unpaired) electrons. The normalized spacial score (nSPS) is 12.8. The number of carbonyl (C=O) groups is 1. The fraction of sp³-hybridized carbons (Fsp3) is 0.133. The van der Waals surface area contributed by atoms with Crippen molar-refractivity contribution in [1.29, 1.82) is 0 Å². The number of sulfonamides is 1. The van der Waals surface area contributed by atoms with E-state index in [2.05, 4.69) is 4.72 Å². The van der Waals surface area contributed by atoms with Crippen LogP contribution in [0.4, 0.5) is 0 Å². The summed E-state index contributed by atoms with van der Waals surface area (Å²) in [5.74, 6) is -1.27. The van der Waals surface area contributed by atoms with Crippen molar-refractivity contribution >= 4 is 16.0 Å². The fourth-order valence-corrected chi connectivity index (χ4v) is 3.41. The third-order valence-electron chi connectivity index (χ3n) is 3.04. The van der Waals surface area contributed by atoms with Gasteiger partial charge >= 0.3 is 5.97 Å². The minimum atomic E-state index is -3.91. The van der Waals surface area contributed by atoms with Crippen molar-refractivity contribution in [3.63, 3.8) is 0 Å². The molecule has 0 spiro atoms. The van der Waals surface area contributed by atoms with Crippen molar-refractivity contribution in [3.8, 4) is 0 Å². The molecule has 21 heavy (non-hydrogen) atoms. The quantitative estimate of drug-likeness (QED) is 0.888. The Morgan fingerprint density at radius 2 is 1.62 bits per heavy atom. The molecule has 0 bridgehead atoms. The maximum atomic E-state index is 12.4. The van der Waals surface area contributed by atoms with Gasteiger partial charge in [0, 0.05) is 6.04 Å². The Bertz CT molecular complexity index is 741. The Hall–Kier alpha value is -2.18. The molecule has 5 nitrogen and oxygen atoms in total. The summed E-state index contributed by atoms with van der Waals surface area (Å²) in [4.78, 5) is 10.9. The second-order valence-corrected chi connectivity index (χ2v) is 6.24. The van der Waals surface area contributed by atoms with E-state index in [0.717, 1.165) is 5.56 Å². The van der Waals surface area contributed by atoms with E-state index in [1.807, 2.05) is 18.2 Å².